The van der Waals surface area contributed by atoms with E-state index in [1.807, 2.05) is 6.07 Å². The molecule has 0 saturated carbocycles. The van der Waals surface area contributed by atoms with Crippen molar-refractivity contribution in [3.63, 3.8) is 0 Å². The molecular formula is C14H16N4. The monoisotopic (exact) mass is 240 g/mol. The Labute approximate surface area is 105 Å². The third-order valence-corrected chi connectivity index (χ3v) is 3.20. The van der Waals surface area contributed by atoms with Gasteiger partial charge in [0.15, 0.2) is 5.65 Å². The van der Waals surface area contributed by atoms with Crippen molar-refractivity contribution in [3.8, 4) is 0 Å². The maximum atomic E-state index is 5.57. The van der Waals surface area contributed by atoms with Gasteiger partial charge in [0.2, 0.25) is 0 Å². The summed E-state index contributed by atoms with van der Waals surface area (Å²) >= 11 is 0. The molecule has 0 aliphatic carbocycles. The molecule has 0 radical (unpaired) electrons. The van der Waals surface area contributed by atoms with E-state index in [4.69, 9.17) is 5.73 Å². The molecule has 0 saturated heterocycles. The third kappa shape index (κ3) is 1.75. The fraction of sp³-hybridized carbons (Fsp3) is 0.286. The van der Waals surface area contributed by atoms with Gasteiger partial charge in [0.05, 0.1) is 5.52 Å². The number of nitrogens with zero attached hydrogens (tertiary/aromatic N) is 3. The first kappa shape index (κ1) is 11.2. The summed E-state index contributed by atoms with van der Waals surface area (Å²) in [5, 5.41) is 9.70. The van der Waals surface area contributed by atoms with Gasteiger partial charge < -0.3 is 5.73 Å². The number of fused-ring (bicyclic) bond motifs is 3. The zero-order valence-corrected chi connectivity index (χ0v) is 10.4. The van der Waals surface area contributed by atoms with E-state index in [-0.39, 0.29) is 0 Å². The SMILES string of the molecule is Cc1ccc2ccc3nnc(CCCN)n3c2c1. The average Bonchev–Trinajstić information content (AvgIpc) is 2.79. The van der Waals surface area contributed by atoms with Crippen molar-refractivity contribution in [1.82, 2.24) is 14.6 Å². The van der Waals surface area contributed by atoms with Gasteiger partial charge >= 0.3 is 0 Å². The summed E-state index contributed by atoms with van der Waals surface area (Å²) in [6.45, 7) is 2.78. The Morgan fingerprint density at radius 3 is 2.83 bits per heavy atom. The van der Waals surface area contributed by atoms with Gasteiger partial charge in [0.1, 0.15) is 5.82 Å². The Kier molecular flexibility index (Phi) is 2.72. The second-order valence-electron chi connectivity index (χ2n) is 4.60. The molecule has 4 heteroatoms. The minimum atomic E-state index is 0.679. The summed E-state index contributed by atoms with van der Waals surface area (Å²) in [4.78, 5) is 0. The topological polar surface area (TPSA) is 56.2 Å². The first-order valence-corrected chi connectivity index (χ1v) is 6.23. The second kappa shape index (κ2) is 4.38. The smallest absolute Gasteiger partial charge is 0.161 e. The number of benzene rings is 1. The molecule has 0 bridgehead atoms. The highest BCUT2D eigenvalue weighted by Crippen LogP contribution is 2.19. The number of aryl methyl sites for hydroxylation is 2. The first-order valence-electron chi connectivity index (χ1n) is 6.23. The van der Waals surface area contributed by atoms with E-state index in [1.165, 1.54) is 16.5 Å². The summed E-state index contributed by atoms with van der Waals surface area (Å²) in [6.07, 6.45) is 1.80. The predicted octanol–water partition coefficient (Wildman–Crippen LogP) is 2.08. The van der Waals surface area contributed by atoms with Crippen molar-refractivity contribution in [2.45, 2.75) is 19.8 Å². The lowest BCUT2D eigenvalue weighted by molar-refractivity contribution is 0.775. The summed E-state index contributed by atoms with van der Waals surface area (Å²) in [5.41, 5.74) is 8.89. The van der Waals surface area contributed by atoms with Crippen molar-refractivity contribution in [3.05, 3.63) is 41.7 Å². The fourth-order valence-electron chi connectivity index (χ4n) is 2.28. The van der Waals surface area contributed by atoms with E-state index < -0.39 is 0 Å². The molecule has 2 heterocycles. The van der Waals surface area contributed by atoms with E-state index in [2.05, 4.69) is 45.8 Å². The van der Waals surface area contributed by atoms with Crippen molar-refractivity contribution < 1.29 is 0 Å². The van der Waals surface area contributed by atoms with Crippen molar-refractivity contribution >= 4 is 16.6 Å². The predicted molar refractivity (Wildman–Crippen MR) is 72.6 cm³/mol. The Balaban J connectivity index is 2.29. The number of aromatic nitrogens is 3. The van der Waals surface area contributed by atoms with Gasteiger partial charge in [-0.05, 0) is 49.0 Å². The van der Waals surface area contributed by atoms with E-state index in [0.29, 0.717) is 6.54 Å². The molecule has 92 valence electrons. The Bertz CT molecular complexity index is 699. The van der Waals surface area contributed by atoms with Crippen LogP contribution in [0, 0.1) is 6.92 Å². The number of nitrogens with two attached hydrogens (primary N) is 1. The first-order chi connectivity index (χ1) is 8.79. The van der Waals surface area contributed by atoms with Gasteiger partial charge in [-0.2, -0.15) is 0 Å². The van der Waals surface area contributed by atoms with Crippen LogP contribution in [-0.2, 0) is 6.42 Å². The molecule has 0 fully saturated rings. The largest absolute Gasteiger partial charge is 0.330 e. The molecule has 0 aliphatic rings. The molecule has 0 atom stereocenters. The van der Waals surface area contributed by atoms with Crippen molar-refractivity contribution in [2.75, 3.05) is 6.54 Å². The highest BCUT2D eigenvalue weighted by molar-refractivity contribution is 5.82. The number of hydrogen-bond acceptors (Lipinski definition) is 3. The summed E-state index contributed by atoms with van der Waals surface area (Å²) in [5.74, 6) is 0.992. The lowest BCUT2D eigenvalue weighted by Crippen LogP contribution is -2.03. The molecule has 3 aromatic rings. The molecule has 2 aromatic heterocycles. The van der Waals surface area contributed by atoms with Crippen LogP contribution in [0.2, 0.25) is 0 Å². The number of pyridine rings is 1. The van der Waals surface area contributed by atoms with Crippen LogP contribution in [0.5, 0.6) is 0 Å². The third-order valence-electron chi connectivity index (χ3n) is 3.20. The number of rotatable bonds is 3. The molecule has 0 amide bonds. The van der Waals surface area contributed by atoms with Crippen LogP contribution in [-0.4, -0.2) is 21.1 Å². The minimum absolute atomic E-state index is 0.679. The maximum Gasteiger partial charge on any atom is 0.161 e. The average molecular weight is 240 g/mol. The van der Waals surface area contributed by atoms with E-state index in [1.54, 1.807) is 0 Å². The van der Waals surface area contributed by atoms with Gasteiger partial charge in [-0.25, -0.2) is 0 Å². The summed E-state index contributed by atoms with van der Waals surface area (Å²) < 4.78 is 2.14. The van der Waals surface area contributed by atoms with Crippen LogP contribution < -0.4 is 5.73 Å². The van der Waals surface area contributed by atoms with Crippen molar-refractivity contribution in [1.29, 1.82) is 0 Å². The number of hydrogen-bond donors (Lipinski definition) is 1. The van der Waals surface area contributed by atoms with Crippen LogP contribution in [0.4, 0.5) is 0 Å². The Hall–Kier alpha value is -1.94. The molecule has 18 heavy (non-hydrogen) atoms. The zero-order valence-electron chi connectivity index (χ0n) is 10.4. The van der Waals surface area contributed by atoms with Gasteiger partial charge in [0, 0.05) is 6.42 Å². The second-order valence-corrected chi connectivity index (χ2v) is 4.60. The molecule has 1 aromatic carbocycles. The van der Waals surface area contributed by atoms with Gasteiger partial charge in [-0.15, -0.1) is 10.2 Å². The standard InChI is InChI=1S/C14H16N4/c1-10-4-5-11-6-7-14-17-16-13(3-2-8-15)18(14)12(11)9-10/h4-7,9H,2-3,8,15H2,1H3. The van der Waals surface area contributed by atoms with E-state index in [9.17, 15) is 0 Å². The molecule has 0 spiro atoms. The van der Waals surface area contributed by atoms with Crippen LogP contribution in [0.1, 0.15) is 17.8 Å². The normalized spacial score (nSPS) is 11.4. The molecular weight excluding hydrogens is 224 g/mol. The molecule has 3 rings (SSSR count). The Morgan fingerprint density at radius 2 is 2.00 bits per heavy atom. The van der Waals surface area contributed by atoms with Gasteiger partial charge in [-0.3, -0.25) is 4.40 Å². The van der Waals surface area contributed by atoms with E-state index >= 15 is 0 Å². The van der Waals surface area contributed by atoms with Gasteiger partial charge in [-0.1, -0.05) is 12.1 Å². The quantitative estimate of drug-likeness (QED) is 0.762. The maximum absolute atomic E-state index is 5.57. The molecule has 4 nitrogen and oxygen atoms in total. The van der Waals surface area contributed by atoms with Crippen LogP contribution >= 0.6 is 0 Å². The molecule has 2 N–H and O–H groups in total. The molecule has 0 aliphatic heterocycles. The summed E-state index contributed by atoms with van der Waals surface area (Å²) in [7, 11) is 0. The lowest BCUT2D eigenvalue weighted by atomic mass is 10.1. The minimum Gasteiger partial charge on any atom is -0.330 e. The molecule has 0 unspecified atom stereocenters. The van der Waals surface area contributed by atoms with E-state index in [0.717, 1.165) is 24.3 Å². The zero-order chi connectivity index (χ0) is 12.5. The fourth-order valence-corrected chi connectivity index (χ4v) is 2.28. The highest BCUT2D eigenvalue weighted by atomic mass is 15.2. The Morgan fingerprint density at radius 1 is 1.17 bits per heavy atom. The van der Waals surface area contributed by atoms with Crippen LogP contribution in [0.3, 0.4) is 0 Å². The van der Waals surface area contributed by atoms with Gasteiger partial charge in [0.25, 0.3) is 0 Å². The highest BCUT2D eigenvalue weighted by Gasteiger charge is 2.08. The lowest BCUT2D eigenvalue weighted by Gasteiger charge is -2.05. The summed E-state index contributed by atoms with van der Waals surface area (Å²) in [6, 6.07) is 10.5. The van der Waals surface area contributed by atoms with Crippen LogP contribution in [0.15, 0.2) is 30.3 Å². The van der Waals surface area contributed by atoms with Crippen LogP contribution in [0.25, 0.3) is 16.6 Å². The van der Waals surface area contributed by atoms with Crippen molar-refractivity contribution in [2.24, 2.45) is 5.73 Å².